The molecular weight excluding hydrogens is 392 g/mol. The molecule has 1 aromatic carbocycles. The summed E-state index contributed by atoms with van der Waals surface area (Å²) < 4.78 is 0.464. The Hall–Kier alpha value is -1.93. The van der Waals surface area contributed by atoms with Gasteiger partial charge < -0.3 is 0 Å². The van der Waals surface area contributed by atoms with Crippen molar-refractivity contribution in [3.05, 3.63) is 51.8 Å². The largest absolute Gasteiger partial charge is 0.289 e. The predicted molar refractivity (Wildman–Crippen MR) is 96.9 cm³/mol. The third-order valence-corrected chi connectivity index (χ3v) is 4.70. The molecule has 2 aromatic rings. The standard InChI is InChI=1S/C16H17BrN4O2S/c1-3-8-24-16-18-9-12(17)13(19-16)15(23)21-20-14(22)11-7-5-4-6-10(11)2/h4-7,9H,3,8H2,1-2H3,(H,20,22)(H,21,23). The second kappa shape index (κ2) is 8.79. The van der Waals surface area contributed by atoms with Crippen LogP contribution in [-0.4, -0.2) is 27.5 Å². The van der Waals surface area contributed by atoms with Crippen molar-refractivity contribution < 1.29 is 9.59 Å². The molecule has 2 rings (SSSR count). The van der Waals surface area contributed by atoms with Gasteiger partial charge in [0.05, 0.1) is 4.47 Å². The molecule has 0 unspecified atom stereocenters. The van der Waals surface area contributed by atoms with Crippen LogP contribution < -0.4 is 10.9 Å². The van der Waals surface area contributed by atoms with Gasteiger partial charge in [0.1, 0.15) is 5.69 Å². The molecule has 0 saturated carbocycles. The van der Waals surface area contributed by atoms with Crippen LogP contribution in [0.4, 0.5) is 0 Å². The van der Waals surface area contributed by atoms with E-state index in [1.165, 1.54) is 18.0 Å². The van der Waals surface area contributed by atoms with Crippen LogP contribution in [0.15, 0.2) is 40.1 Å². The Bertz CT molecular complexity index is 755. The maximum Gasteiger partial charge on any atom is 0.289 e. The highest BCUT2D eigenvalue weighted by Crippen LogP contribution is 2.19. The maximum absolute atomic E-state index is 12.3. The minimum absolute atomic E-state index is 0.175. The lowest BCUT2D eigenvalue weighted by Gasteiger charge is -2.10. The Kier molecular flexibility index (Phi) is 6.74. The lowest BCUT2D eigenvalue weighted by Crippen LogP contribution is -2.42. The van der Waals surface area contributed by atoms with Crippen LogP contribution in [0.3, 0.4) is 0 Å². The smallest absolute Gasteiger partial charge is 0.267 e. The Labute approximate surface area is 153 Å². The van der Waals surface area contributed by atoms with Crippen molar-refractivity contribution >= 4 is 39.5 Å². The predicted octanol–water partition coefficient (Wildman–Crippen LogP) is 3.12. The van der Waals surface area contributed by atoms with Crippen molar-refractivity contribution in [1.82, 2.24) is 20.8 Å². The molecule has 6 nitrogen and oxygen atoms in total. The molecule has 1 aromatic heterocycles. The number of thioether (sulfide) groups is 1. The van der Waals surface area contributed by atoms with E-state index in [0.29, 0.717) is 15.2 Å². The summed E-state index contributed by atoms with van der Waals surface area (Å²) in [6.45, 7) is 3.88. The van der Waals surface area contributed by atoms with Gasteiger partial charge in [0.2, 0.25) is 0 Å². The normalized spacial score (nSPS) is 10.3. The number of hydrogen-bond donors (Lipinski definition) is 2. The minimum Gasteiger partial charge on any atom is -0.267 e. The second-order valence-electron chi connectivity index (χ2n) is 4.92. The molecule has 126 valence electrons. The Balaban J connectivity index is 2.04. The summed E-state index contributed by atoms with van der Waals surface area (Å²) in [5, 5.41) is 0.524. The number of nitrogens with one attached hydrogen (secondary N) is 2. The molecule has 8 heteroatoms. The number of aryl methyl sites for hydroxylation is 1. The van der Waals surface area contributed by atoms with E-state index in [-0.39, 0.29) is 11.6 Å². The molecule has 0 aliphatic heterocycles. The summed E-state index contributed by atoms with van der Waals surface area (Å²) in [5.41, 5.74) is 6.28. The number of aromatic nitrogens is 2. The van der Waals surface area contributed by atoms with Gasteiger partial charge in [-0.25, -0.2) is 9.97 Å². The third-order valence-electron chi connectivity index (χ3n) is 3.05. The van der Waals surface area contributed by atoms with Gasteiger partial charge in [-0.1, -0.05) is 36.9 Å². The van der Waals surface area contributed by atoms with Crippen LogP contribution in [0.25, 0.3) is 0 Å². The first kappa shape index (κ1) is 18.4. The van der Waals surface area contributed by atoms with Gasteiger partial charge >= 0.3 is 0 Å². The van der Waals surface area contributed by atoms with E-state index in [0.717, 1.165) is 17.7 Å². The van der Waals surface area contributed by atoms with E-state index < -0.39 is 5.91 Å². The highest BCUT2D eigenvalue weighted by Gasteiger charge is 2.16. The third kappa shape index (κ3) is 4.78. The number of hydrogen-bond acceptors (Lipinski definition) is 5. The van der Waals surface area contributed by atoms with Crippen molar-refractivity contribution in [2.45, 2.75) is 25.4 Å². The molecule has 0 aliphatic rings. The van der Waals surface area contributed by atoms with Crippen LogP contribution in [-0.2, 0) is 0 Å². The first-order valence-electron chi connectivity index (χ1n) is 7.34. The van der Waals surface area contributed by atoms with Crippen LogP contribution in [0.5, 0.6) is 0 Å². The van der Waals surface area contributed by atoms with Gasteiger partial charge in [-0.15, -0.1) is 0 Å². The van der Waals surface area contributed by atoms with Gasteiger partial charge in [-0.05, 0) is 40.9 Å². The Morgan fingerprint density at radius 3 is 2.62 bits per heavy atom. The van der Waals surface area contributed by atoms with Gasteiger partial charge in [-0.3, -0.25) is 20.4 Å². The quantitative estimate of drug-likeness (QED) is 0.451. The number of carbonyl (C=O) groups is 2. The molecule has 0 fully saturated rings. The Morgan fingerprint density at radius 2 is 1.92 bits per heavy atom. The van der Waals surface area contributed by atoms with Crippen molar-refractivity contribution in [2.75, 3.05) is 5.75 Å². The van der Waals surface area contributed by atoms with Gasteiger partial charge in [-0.2, -0.15) is 0 Å². The zero-order valence-corrected chi connectivity index (χ0v) is 15.7. The number of hydrazine groups is 1. The molecule has 1 heterocycles. The average molecular weight is 409 g/mol. The van der Waals surface area contributed by atoms with Gasteiger partial charge in [0.25, 0.3) is 11.8 Å². The number of rotatable bonds is 5. The highest BCUT2D eigenvalue weighted by atomic mass is 79.9. The van der Waals surface area contributed by atoms with Crippen LogP contribution >= 0.6 is 27.7 Å². The lowest BCUT2D eigenvalue weighted by atomic mass is 10.1. The fraction of sp³-hybridized carbons (Fsp3) is 0.250. The minimum atomic E-state index is -0.510. The Morgan fingerprint density at radius 1 is 1.21 bits per heavy atom. The number of amides is 2. The molecule has 2 amide bonds. The zero-order valence-electron chi connectivity index (χ0n) is 13.3. The molecule has 0 bridgehead atoms. The summed E-state index contributed by atoms with van der Waals surface area (Å²) in [4.78, 5) is 32.7. The van der Waals surface area contributed by atoms with E-state index in [9.17, 15) is 9.59 Å². The molecule has 0 saturated heterocycles. The maximum atomic E-state index is 12.3. The summed E-state index contributed by atoms with van der Waals surface area (Å²) in [6, 6.07) is 7.13. The molecular formula is C16H17BrN4O2S. The number of benzene rings is 1. The summed E-state index contributed by atoms with van der Waals surface area (Å²) in [6.07, 6.45) is 2.52. The first-order chi connectivity index (χ1) is 11.5. The fourth-order valence-corrected chi connectivity index (χ4v) is 2.88. The van der Waals surface area contributed by atoms with Crippen LogP contribution in [0, 0.1) is 6.92 Å². The molecule has 0 aliphatic carbocycles. The lowest BCUT2D eigenvalue weighted by molar-refractivity contribution is 0.0842. The SMILES string of the molecule is CCCSc1ncc(Br)c(C(=O)NNC(=O)c2ccccc2C)n1. The zero-order chi connectivity index (χ0) is 17.5. The van der Waals surface area contributed by atoms with Gasteiger partial charge in [0, 0.05) is 17.5 Å². The molecule has 0 spiro atoms. The van der Waals surface area contributed by atoms with Crippen molar-refractivity contribution in [3.8, 4) is 0 Å². The van der Waals surface area contributed by atoms with E-state index in [1.54, 1.807) is 12.1 Å². The van der Waals surface area contributed by atoms with E-state index in [2.05, 4.69) is 43.7 Å². The average Bonchev–Trinajstić information content (AvgIpc) is 2.59. The molecule has 2 N–H and O–H groups in total. The summed E-state index contributed by atoms with van der Waals surface area (Å²) in [7, 11) is 0. The fourth-order valence-electron chi connectivity index (χ4n) is 1.84. The van der Waals surface area contributed by atoms with Crippen LogP contribution in [0.2, 0.25) is 0 Å². The molecule has 0 radical (unpaired) electrons. The number of halogens is 1. The van der Waals surface area contributed by atoms with E-state index >= 15 is 0 Å². The second-order valence-corrected chi connectivity index (χ2v) is 6.84. The highest BCUT2D eigenvalue weighted by molar-refractivity contribution is 9.10. The van der Waals surface area contributed by atoms with Crippen molar-refractivity contribution in [3.63, 3.8) is 0 Å². The van der Waals surface area contributed by atoms with Crippen molar-refractivity contribution in [2.24, 2.45) is 0 Å². The summed E-state index contributed by atoms with van der Waals surface area (Å²) in [5.74, 6) is -0.0241. The molecule has 0 atom stereocenters. The molecule has 24 heavy (non-hydrogen) atoms. The monoisotopic (exact) mass is 408 g/mol. The van der Waals surface area contributed by atoms with Crippen LogP contribution in [0.1, 0.15) is 39.8 Å². The summed E-state index contributed by atoms with van der Waals surface area (Å²) >= 11 is 4.73. The van der Waals surface area contributed by atoms with Gasteiger partial charge in [0.15, 0.2) is 5.16 Å². The first-order valence-corrected chi connectivity index (χ1v) is 9.12. The number of nitrogens with zero attached hydrogens (tertiary/aromatic N) is 2. The topological polar surface area (TPSA) is 84.0 Å². The van der Waals surface area contributed by atoms with E-state index in [4.69, 9.17) is 0 Å². The van der Waals surface area contributed by atoms with E-state index in [1.807, 2.05) is 19.1 Å². The number of carbonyl (C=O) groups excluding carboxylic acids is 2. The van der Waals surface area contributed by atoms with Crippen molar-refractivity contribution in [1.29, 1.82) is 0 Å².